The van der Waals surface area contributed by atoms with Crippen molar-refractivity contribution in [1.82, 2.24) is 14.8 Å². The number of halogens is 1. The summed E-state index contributed by atoms with van der Waals surface area (Å²) in [5.74, 6) is 1.72. The Morgan fingerprint density at radius 3 is 2.57 bits per heavy atom. The first-order chi connectivity index (χ1) is 13.1. The number of ether oxygens (including phenoxy) is 1. The van der Waals surface area contributed by atoms with E-state index in [1.807, 2.05) is 54.9 Å². The Bertz CT molecular complexity index is 777. The van der Waals surface area contributed by atoms with Crippen molar-refractivity contribution in [3.8, 4) is 5.75 Å². The van der Waals surface area contributed by atoms with Crippen molar-refractivity contribution in [2.75, 3.05) is 33.8 Å². The summed E-state index contributed by atoms with van der Waals surface area (Å²) in [6.45, 7) is 4.86. The lowest BCUT2D eigenvalue weighted by atomic mass is 10.3. The first-order valence-corrected chi connectivity index (χ1v) is 9.38. The van der Waals surface area contributed by atoms with Crippen molar-refractivity contribution >= 4 is 29.9 Å². The Morgan fingerprint density at radius 2 is 1.89 bits per heavy atom. The maximum atomic E-state index is 11.9. The third-order valence-corrected chi connectivity index (χ3v) is 4.37. The Morgan fingerprint density at radius 1 is 1.14 bits per heavy atom. The van der Waals surface area contributed by atoms with Crippen LogP contribution in [-0.2, 0) is 6.54 Å². The van der Waals surface area contributed by atoms with E-state index in [2.05, 4.69) is 15.2 Å². The van der Waals surface area contributed by atoms with Gasteiger partial charge in [0.15, 0.2) is 5.96 Å². The lowest BCUT2D eigenvalue weighted by Crippen LogP contribution is -2.41. The van der Waals surface area contributed by atoms with E-state index in [4.69, 9.17) is 4.74 Å². The molecule has 0 amide bonds. The molecule has 2 rings (SSSR count). The molecular formula is C21H31IN4O2. The molecule has 154 valence electrons. The first kappa shape index (κ1) is 24.0. The van der Waals surface area contributed by atoms with E-state index in [1.165, 1.54) is 0 Å². The molecule has 0 radical (unpaired) electrons. The number of aromatic nitrogens is 1. The molecule has 0 saturated heterocycles. The zero-order chi connectivity index (χ0) is 19.5. The molecule has 0 aliphatic rings. The molecule has 1 aromatic heterocycles. The second-order valence-corrected chi connectivity index (χ2v) is 6.42. The summed E-state index contributed by atoms with van der Waals surface area (Å²) in [6, 6.07) is 15.2. The number of aliphatic imine (C=N–C) groups is 1. The summed E-state index contributed by atoms with van der Waals surface area (Å²) in [6.07, 6.45) is 1.91. The zero-order valence-corrected chi connectivity index (χ0v) is 19.3. The normalized spacial score (nSPS) is 10.9. The van der Waals surface area contributed by atoms with E-state index in [0.29, 0.717) is 6.61 Å². The van der Waals surface area contributed by atoms with Crippen LogP contribution in [0.4, 0.5) is 0 Å². The third-order valence-electron chi connectivity index (χ3n) is 4.37. The lowest BCUT2D eigenvalue weighted by Gasteiger charge is -2.22. The van der Waals surface area contributed by atoms with Crippen LogP contribution in [0.2, 0.25) is 0 Å². The Labute approximate surface area is 184 Å². The van der Waals surface area contributed by atoms with Crippen molar-refractivity contribution in [2.24, 2.45) is 4.99 Å². The molecule has 0 unspecified atom stereocenters. The molecule has 1 N–H and O–H groups in total. The SMILES string of the molecule is CN=C(NCCCCn1c(C)cccc1=O)N(C)CCOc1ccccc1.I. The van der Waals surface area contributed by atoms with Gasteiger partial charge in [-0.25, -0.2) is 0 Å². The number of pyridine rings is 1. The van der Waals surface area contributed by atoms with Gasteiger partial charge in [0, 0.05) is 38.9 Å². The second-order valence-electron chi connectivity index (χ2n) is 6.42. The van der Waals surface area contributed by atoms with E-state index >= 15 is 0 Å². The zero-order valence-electron chi connectivity index (χ0n) is 16.9. The number of nitrogens with one attached hydrogen (secondary N) is 1. The summed E-state index contributed by atoms with van der Waals surface area (Å²) in [5, 5.41) is 3.37. The number of hydrogen-bond donors (Lipinski definition) is 1. The number of hydrogen-bond acceptors (Lipinski definition) is 3. The lowest BCUT2D eigenvalue weighted by molar-refractivity contribution is 0.281. The Hall–Kier alpha value is -2.03. The highest BCUT2D eigenvalue weighted by Gasteiger charge is 2.05. The maximum absolute atomic E-state index is 11.9. The molecule has 0 atom stereocenters. The summed E-state index contributed by atoms with van der Waals surface area (Å²) in [5.41, 5.74) is 1.07. The van der Waals surface area contributed by atoms with Gasteiger partial charge in [-0.15, -0.1) is 24.0 Å². The largest absolute Gasteiger partial charge is 0.492 e. The molecule has 0 spiro atoms. The molecule has 2 aromatic rings. The van der Waals surface area contributed by atoms with Gasteiger partial charge in [-0.05, 0) is 38.0 Å². The summed E-state index contributed by atoms with van der Waals surface area (Å²) >= 11 is 0. The number of guanidine groups is 1. The van der Waals surface area contributed by atoms with Gasteiger partial charge >= 0.3 is 0 Å². The maximum Gasteiger partial charge on any atom is 0.250 e. The van der Waals surface area contributed by atoms with Crippen molar-refractivity contribution in [3.05, 3.63) is 64.6 Å². The molecule has 0 aliphatic heterocycles. The average molecular weight is 498 g/mol. The molecule has 0 saturated carbocycles. The fourth-order valence-corrected chi connectivity index (χ4v) is 2.81. The first-order valence-electron chi connectivity index (χ1n) is 9.38. The number of nitrogens with zero attached hydrogens (tertiary/aromatic N) is 3. The van der Waals surface area contributed by atoms with Crippen LogP contribution >= 0.6 is 24.0 Å². The van der Waals surface area contributed by atoms with Crippen LogP contribution in [0.1, 0.15) is 18.5 Å². The van der Waals surface area contributed by atoms with E-state index < -0.39 is 0 Å². The van der Waals surface area contributed by atoms with Gasteiger partial charge in [0.05, 0.1) is 6.54 Å². The molecule has 28 heavy (non-hydrogen) atoms. The van der Waals surface area contributed by atoms with Gasteiger partial charge in [-0.2, -0.15) is 0 Å². The van der Waals surface area contributed by atoms with E-state index in [-0.39, 0.29) is 29.5 Å². The predicted octanol–water partition coefficient (Wildman–Crippen LogP) is 3.14. The van der Waals surface area contributed by atoms with Crippen molar-refractivity contribution in [2.45, 2.75) is 26.3 Å². The number of likely N-dealkylation sites (N-methyl/N-ethyl adjacent to an activating group) is 1. The average Bonchev–Trinajstić information content (AvgIpc) is 2.67. The fourth-order valence-electron chi connectivity index (χ4n) is 2.81. The van der Waals surface area contributed by atoms with Crippen LogP contribution < -0.4 is 15.6 Å². The van der Waals surface area contributed by atoms with Crippen LogP contribution in [-0.4, -0.2) is 49.2 Å². The highest BCUT2D eigenvalue weighted by Crippen LogP contribution is 2.07. The van der Waals surface area contributed by atoms with Gasteiger partial charge < -0.3 is 19.5 Å². The van der Waals surface area contributed by atoms with Crippen molar-refractivity contribution in [1.29, 1.82) is 0 Å². The van der Waals surface area contributed by atoms with E-state index in [1.54, 1.807) is 19.2 Å². The standard InChI is InChI=1S/C21H30N4O2.HI/c1-18-10-9-13-20(26)25(18)15-8-7-14-23-21(22-2)24(3)16-17-27-19-11-5-4-6-12-19;/h4-6,9-13H,7-8,14-17H2,1-3H3,(H,22,23);1H. The number of para-hydroxylation sites is 1. The number of unbranched alkanes of at least 4 members (excludes halogenated alkanes) is 1. The smallest absolute Gasteiger partial charge is 0.250 e. The van der Waals surface area contributed by atoms with E-state index in [0.717, 1.165) is 49.9 Å². The molecule has 0 bridgehead atoms. The van der Waals surface area contributed by atoms with Gasteiger partial charge in [0.1, 0.15) is 12.4 Å². The van der Waals surface area contributed by atoms with E-state index in [9.17, 15) is 4.79 Å². The molecular weight excluding hydrogens is 467 g/mol. The fraction of sp³-hybridized carbons (Fsp3) is 0.429. The minimum absolute atomic E-state index is 0. The second kappa shape index (κ2) is 13.2. The number of aryl methyl sites for hydroxylation is 1. The van der Waals surface area contributed by atoms with Crippen LogP contribution in [0.25, 0.3) is 0 Å². The molecule has 1 aromatic carbocycles. The van der Waals surface area contributed by atoms with Crippen LogP contribution in [0.15, 0.2) is 58.3 Å². The molecule has 0 fully saturated rings. The molecule has 6 nitrogen and oxygen atoms in total. The van der Waals surface area contributed by atoms with Gasteiger partial charge in [0.2, 0.25) is 0 Å². The third kappa shape index (κ3) is 7.92. The minimum Gasteiger partial charge on any atom is -0.492 e. The van der Waals surface area contributed by atoms with Crippen molar-refractivity contribution in [3.63, 3.8) is 0 Å². The Balaban J connectivity index is 0.00000392. The topological polar surface area (TPSA) is 58.9 Å². The highest BCUT2D eigenvalue weighted by molar-refractivity contribution is 14.0. The monoisotopic (exact) mass is 498 g/mol. The Kier molecular flexibility index (Phi) is 11.3. The summed E-state index contributed by atoms with van der Waals surface area (Å²) in [7, 11) is 3.78. The summed E-state index contributed by atoms with van der Waals surface area (Å²) in [4.78, 5) is 18.2. The van der Waals surface area contributed by atoms with Crippen molar-refractivity contribution < 1.29 is 4.74 Å². The minimum atomic E-state index is 0. The quantitative estimate of drug-likeness (QED) is 0.250. The predicted molar refractivity (Wildman–Crippen MR) is 126 cm³/mol. The van der Waals surface area contributed by atoms with Crippen LogP contribution in [0, 0.1) is 6.92 Å². The van der Waals surface area contributed by atoms with Gasteiger partial charge in [-0.3, -0.25) is 9.79 Å². The highest BCUT2D eigenvalue weighted by atomic mass is 127. The van der Waals surface area contributed by atoms with Crippen LogP contribution in [0.5, 0.6) is 5.75 Å². The number of rotatable bonds is 9. The molecule has 0 aliphatic carbocycles. The number of benzene rings is 1. The van der Waals surface area contributed by atoms with Crippen LogP contribution in [0.3, 0.4) is 0 Å². The van der Waals surface area contributed by atoms with Gasteiger partial charge in [0.25, 0.3) is 5.56 Å². The molecule has 7 heteroatoms. The van der Waals surface area contributed by atoms with Gasteiger partial charge in [-0.1, -0.05) is 24.3 Å². The summed E-state index contributed by atoms with van der Waals surface area (Å²) < 4.78 is 7.55. The molecule has 1 heterocycles.